The maximum Gasteiger partial charge on any atom is 0.251 e. The second-order valence-corrected chi connectivity index (χ2v) is 7.43. The molecular formula is C19H26N4OS. The van der Waals surface area contributed by atoms with Crippen LogP contribution in [0.2, 0.25) is 0 Å². The van der Waals surface area contributed by atoms with Crippen molar-refractivity contribution < 1.29 is 0 Å². The van der Waals surface area contributed by atoms with Crippen molar-refractivity contribution in [2.45, 2.75) is 33.7 Å². The fourth-order valence-corrected chi connectivity index (χ4v) is 3.45. The molecule has 6 heteroatoms. The molecule has 0 radical (unpaired) electrons. The van der Waals surface area contributed by atoms with Crippen molar-refractivity contribution in [3.05, 3.63) is 39.8 Å². The molecule has 0 aliphatic carbocycles. The number of hydrogen-bond donors (Lipinski definition) is 1. The van der Waals surface area contributed by atoms with Gasteiger partial charge < -0.3 is 9.88 Å². The molecule has 1 saturated heterocycles. The first-order valence-electron chi connectivity index (χ1n) is 9.00. The number of thiocarbonyl (C=S) groups is 1. The zero-order valence-electron chi connectivity index (χ0n) is 15.2. The lowest BCUT2D eigenvalue weighted by atomic mass is 10.1. The van der Waals surface area contributed by atoms with Crippen molar-refractivity contribution in [2.75, 3.05) is 26.2 Å². The van der Waals surface area contributed by atoms with E-state index in [1.807, 2.05) is 25.3 Å². The van der Waals surface area contributed by atoms with E-state index in [4.69, 9.17) is 12.2 Å². The lowest BCUT2D eigenvalue weighted by Crippen LogP contribution is -2.48. The van der Waals surface area contributed by atoms with Crippen LogP contribution in [0.3, 0.4) is 0 Å². The Labute approximate surface area is 154 Å². The summed E-state index contributed by atoms with van der Waals surface area (Å²) in [5.74, 6) is 0.427. The average Bonchev–Trinajstić information content (AvgIpc) is 2.61. The van der Waals surface area contributed by atoms with Crippen LogP contribution in [-0.4, -0.2) is 50.9 Å². The van der Waals surface area contributed by atoms with Crippen LogP contribution >= 0.6 is 12.2 Å². The van der Waals surface area contributed by atoms with Crippen molar-refractivity contribution in [1.29, 1.82) is 0 Å². The highest BCUT2D eigenvalue weighted by Crippen LogP contribution is 2.15. The van der Waals surface area contributed by atoms with Gasteiger partial charge in [-0.05, 0) is 24.1 Å². The fourth-order valence-electron chi connectivity index (χ4n) is 3.27. The van der Waals surface area contributed by atoms with E-state index in [0.717, 1.165) is 66.3 Å². The smallest absolute Gasteiger partial charge is 0.251 e. The van der Waals surface area contributed by atoms with Crippen molar-refractivity contribution >= 4 is 28.2 Å². The lowest BCUT2D eigenvalue weighted by Gasteiger charge is -2.37. The Morgan fingerprint density at radius 3 is 2.64 bits per heavy atom. The molecular weight excluding hydrogens is 332 g/mol. The van der Waals surface area contributed by atoms with Gasteiger partial charge in [0.05, 0.1) is 16.0 Å². The monoisotopic (exact) mass is 358 g/mol. The van der Waals surface area contributed by atoms with Crippen molar-refractivity contribution in [3.8, 4) is 0 Å². The normalized spacial score (nSPS) is 15.9. The molecule has 1 fully saturated rings. The molecule has 0 amide bonds. The minimum absolute atomic E-state index is 0.00948. The van der Waals surface area contributed by atoms with Crippen LogP contribution in [0.1, 0.15) is 31.9 Å². The zero-order chi connectivity index (χ0) is 18.0. The van der Waals surface area contributed by atoms with Gasteiger partial charge in [-0.25, -0.2) is 0 Å². The summed E-state index contributed by atoms with van der Waals surface area (Å²) >= 11 is 5.52. The number of pyridine rings is 2. The summed E-state index contributed by atoms with van der Waals surface area (Å²) < 4.78 is 0. The third-order valence-electron chi connectivity index (χ3n) is 4.79. The molecule has 1 N–H and O–H groups in total. The van der Waals surface area contributed by atoms with Gasteiger partial charge in [0.2, 0.25) is 0 Å². The molecule has 25 heavy (non-hydrogen) atoms. The molecule has 134 valence electrons. The van der Waals surface area contributed by atoms with Gasteiger partial charge in [-0.1, -0.05) is 33.0 Å². The van der Waals surface area contributed by atoms with E-state index in [1.54, 1.807) is 0 Å². The van der Waals surface area contributed by atoms with Crippen molar-refractivity contribution in [1.82, 2.24) is 19.8 Å². The molecule has 5 nitrogen and oxygen atoms in total. The molecule has 0 unspecified atom stereocenters. The lowest BCUT2D eigenvalue weighted by molar-refractivity contribution is 0.174. The van der Waals surface area contributed by atoms with Crippen LogP contribution in [-0.2, 0) is 13.0 Å². The standard InChI is InChI=1S/C19H26N4OS/c1-4-15-10-16-17(21-18(15)24)9-14(11-20-16)12-22-5-7-23(8-6-22)19(25)13(2)3/h9-11,13H,4-8,12H2,1-3H3,(H,21,24). The number of aromatic amines is 1. The fraction of sp³-hybridized carbons (Fsp3) is 0.526. The van der Waals surface area contributed by atoms with E-state index in [9.17, 15) is 4.79 Å². The highest BCUT2D eigenvalue weighted by Gasteiger charge is 2.20. The van der Waals surface area contributed by atoms with Gasteiger partial charge in [0, 0.05) is 50.4 Å². The van der Waals surface area contributed by atoms with Gasteiger partial charge in [0.1, 0.15) is 0 Å². The van der Waals surface area contributed by atoms with Gasteiger partial charge in [-0.2, -0.15) is 0 Å². The number of piperazine rings is 1. The second kappa shape index (κ2) is 7.62. The van der Waals surface area contributed by atoms with Gasteiger partial charge in [-0.3, -0.25) is 14.7 Å². The van der Waals surface area contributed by atoms with E-state index in [-0.39, 0.29) is 5.56 Å². The van der Waals surface area contributed by atoms with Gasteiger partial charge in [0.25, 0.3) is 5.56 Å². The molecule has 0 spiro atoms. The van der Waals surface area contributed by atoms with Crippen LogP contribution in [0.4, 0.5) is 0 Å². The highest BCUT2D eigenvalue weighted by molar-refractivity contribution is 7.80. The van der Waals surface area contributed by atoms with E-state index < -0.39 is 0 Å². The Kier molecular flexibility index (Phi) is 5.49. The van der Waals surface area contributed by atoms with E-state index in [0.29, 0.717) is 5.92 Å². The van der Waals surface area contributed by atoms with Crippen molar-refractivity contribution in [3.63, 3.8) is 0 Å². The summed E-state index contributed by atoms with van der Waals surface area (Å²) in [5.41, 5.74) is 3.58. The quantitative estimate of drug-likeness (QED) is 0.852. The van der Waals surface area contributed by atoms with Gasteiger partial charge >= 0.3 is 0 Å². The van der Waals surface area contributed by atoms with Crippen LogP contribution in [0.5, 0.6) is 0 Å². The van der Waals surface area contributed by atoms with Crippen molar-refractivity contribution in [2.24, 2.45) is 5.92 Å². The summed E-state index contributed by atoms with van der Waals surface area (Å²) in [6, 6.07) is 3.94. The summed E-state index contributed by atoms with van der Waals surface area (Å²) in [5, 5.41) is 0. The number of nitrogens with zero attached hydrogens (tertiary/aromatic N) is 3. The molecule has 3 heterocycles. The van der Waals surface area contributed by atoms with Crippen LogP contribution in [0.25, 0.3) is 11.0 Å². The number of fused-ring (bicyclic) bond motifs is 1. The molecule has 2 aromatic rings. The zero-order valence-corrected chi connectivity index (χ0v) is 16.0. The van der Waals surface area contributed by atoms with E-state index in [2.05, 4.69) is 33.6 Å². The minimum Gasteiger partial charge on any atom is -0.363 e. The third kappa shape index (κ3) is 4.07. The predicted molar refractivity (Wildman–Crippen MR) is 106 cm³/mol. The Morgan fingerprint density at radius 2 is 2.00 bits per heavy atom. The third-order valence-corrected chi connectivity index (χ3v) is 5.52. The maximum absolute atomic E-state index is 12.0. The molecule has 0 bridgehead atoms. The summed E-state index contributed by atoms with van der Waals surface area (Å²) in [6.07, 6.45) is 2.64. The Balaban J connectivity index is 1.68. The van der Waals surface area contributed by atoms with E-state index in [1.165, 1.54) is 0 Å². The molecule has 0 aromatic carbocycles. The molecule has 1 aliphatic heterocycles. The number of aryl methyl sites for hydroxylation is 1. The molecule has 0 saturated carbocycles. The van der Waals surface area contributed by atoms with Gasteiger partial charge in [0.15, 0.2) is 0 Å². The maximum atomic E-state index is 12.0. The number of rotatable bonds is 4. The Hall–Kier alpha value is -1.79. The Bertz CT molecular complexity index is 822. The highest BCUT2D eigenvalue weighted by atomic mass is 32.1. The summed E-state index contributed by atoms with van der Waals surface area (Å²) in [7, 11) is 0. The first-order chi connectivity index (χ1) is 12.0. The molecule has 0 atom stereocenters. The molecule has 1 aliphatic rings. The Morgan fingerprint density at radius 1 is 1.28 bits per heavy atom. The van der Waals surface area contributed by atoms with Gasteiger partial charge in [-0.15, -0.1) is 0 Å². The summed E-state index contributed by atoms with van der Waals surface area (Å²) in [6.45, 7) is 11.1. The number of nitrogens with one attached hydrogen (secondary N) is 1. The number of hydrogen-bond acceptors (Lipinski definition) is 4. The van der Waals surface area contributed by atoms with Crippen LogP contribution < -0.4 is 5.56 Å². The molecule has 3 rings (SSSR count). The summed E-state index contributed by atoms with van der Waals surface area (Å²) in [4.78, 5) is 25.3. The largest absolute Gasteiger partial charge is 0.363 e. The topological polar surface area (TPSA) is 52.2 Å². The average molecular weight is 359 g/mol. The SMILES string of the molecule is CCc1cc2ncc(CN3CCN(C(=S)C(C)C)CC3)cc2[nH]c1=O. The minimum atomic E-state index is -0.00948. The number of aromatic nitrogens is 2. The molecule has 2 aromatic heterocycles. The second-order valence-electron chi connectivity index (χ2n) is 7.01. The number of H-pyrrole nitrogens is 1. The predicted octanol–water partition coefficient (Wildman–Crippen LogP) is 2.59. The van der Waals surface area contributed by atoms with Crippen LogP contribution in [0.15, 0.2) is 23.1 Å². The van der Waals surface area contributed by atoms with E-state index >= 15 is 0 Å². The first kappa shape index (κ1) is 18.0. The van der Waals surface area contributed by atoms with Crippen LogP contribution in [0, 0.1) is 5.92 Å². The first-order valence-corrected chi connectivity index (χ1v) is 9.40.